The zero-order valence-corrected chi connectivity index (χ0v) is 13.4. The van der Waals surface area contributed by atoms with E-state index in [4.69, 9.17) is 9.47 Å². The summed E-state index contributed by atoms with van der Waals surface area (Å²) in [5, 5.41) is 3.33. The molecule has 1 aliphatic rings. The highest BCUT2D eigenvalue weighted by atomic mass is 16.5. The molecule has 1 aromatic heterocycles. The van der Waals surface area contributed by atoms with Gasteiger partial charge >= 0.3 is 0 Å². The Kier molecular flexibility index (Phi) is 7.19. The SMILES string of the molecule is CCOC(c1ncc(CNCCOC)[nH]1)C1CCCCC1. The Balaban J connectivity index is 1.91. The summed E-state index contributed by atoms with van der Waals surface area (Å²) in [6, 6.07) is 0. The average molecular weight is 295 g/mol. The summed E-state index contributed by atoms with van der Waals surface area (Å²) in [4.78, 5) is 7.99. The van der Waals surface area contributed by atoms with Gasteiger partial charge in [-0.2, -0.15) is 0 Å². The van der Waals surface area contributed by atoms with Crippen LogP contribution in [0.1, 0.15) is 56.7 Å². The van der Waals surface area contributed by atoms with Crippen LogP contribution in [-0.2, 0) is 16.0 Å². The molecular weight excluding hydrogens is 266 g/mol. The first-order chi connectivity index (χ1) is 10.3. The number of aromatic nitrogens is 2. The number of hydrogen-bond donors (Lipinski definition) is 2. The lowest BCUT2D eigenvalue weighted by Crippen LogP contribution is -2.21. The van der Waals surface area contributed by atoms with E-state index >= 15 is 0 Å². The van der Waals surface area contributed by atoms with Crippen molar-refractivity contribution < 1.29 is 9.47 Å². The topological polar surface area (TPSA) is 59.2 Å². The van der Waals surface area contributed by atoms with E-state index in [-0.39, 0.29) is 6.10 Å². The van der Waals surface area contributed by atoms with Crippen LogP contribution in [0.15, 0.2) is 6.20 Å². The standard InChI is InChI=1S/C16H29N3O2/c1-3-21-15(13-7-5-4-6-8-13)16-18-12-14(19-16)11-17-9-10-20-2/h12-13,15,17H,3-11H2,1-2H3,(H,18,19). The highest BCUT2D eigenvalue weighted by Gasteiger charge is 2.27. The minimum atomic E-state index is 0.128. The predicted molar refractivity (Wildman–Crippen MR) is 83.1 cm³/mol. The molecule has 0 radical (unpaired) electrons. The molecule has 0 saturated heterocycles. The van der Waals surface area contributed by atoms with E-state index in [0.717, 1.165) is 37.8 Å². The second kappa shape index (κ2) is 9.18. The molecule has 0 aromatic carbocycles. The normalized spacial score (nSPS) is 18.0. The Morgan fingerprint density at radius 1 is 1.38 bits per heavy atom. The van der Waals surface area contributed by atoms with Gasteiger partial charge in [-0.3, -0.25) is 0 Å². The maximum absolute atomic E-state index is 5.99. The largest absolute Gasteiger partial charge is 0.383 e. The van der Waals surface area contributed by atoms with Gasteiger partial charge in [0, 0.05) is 38.7 Å². The van der Waals surface area contributed by atoms with E-state index < -0.39 is 0 Å². The van der Waals surface area contributed by atoms with E-state index in [1.165, 1.54) is 32.1 Å². The molecule has 5 heteroatoms. The molecule has 120 valence electrons. The quantitative estimate of drug-likeness (QED) is 0.688. The van der Waals surface area contributed by atoms with E-state index in [1.54, 1.807) is 7.11 Å². The van der Waals surface area contributed by atoms with Gasteiger partial charge in [-0.1, -0.05) is 19.3 Å². The highest BCUT2D eigenvalue weighted by molar-refractivity contribution is 5.05. The molecule has 1 atom stereocenters. The Bertz CT molecular complexity index is 389. The summed E-state index contributed by atoms with van der Waals surface area (Å²) >= 11 is 0. The number of imidazole rings is 1. The van der Waals surface area contributed by atoms with Crippen LogP contribution in [0.2, 0.25) is 0 Å². The van der Waals surface area contributed by atoms with Gasteiger partial charge in [0.1, 0.15) is 11.9 Å². The summed E-state index contributed by atoms with van der Waals surface area (Å²) < 4.78 is 11.0. The summed E-state index contributed by atoms with van der Waals surface area (Å²) in [5.41, 5.74) is 1.11. The first kappa shape index (κ1) is 16.5. The van der Waals surface area contributed by atoms with Crippen LogP contribution in [0, 0.1) is 5.92 Å². The van der Waals surface area contributed by atoms with Crippen molar-refractivity contribution in [2.75, 3.05) is 26.9 Å². The molecule has 0 aliphatic heterocycles. The van der Waals surface area contributed by atoms with Gasteiger partial charge in [0.2, 0.25) is 0 Å². The smallest absolute Gasteiger partial charge is 0.135 e. The van der Waals surface area contributed by atoms with Crippen molar-refractivity contribution in [1.82, 2.24) is 15.3 Å². The fourth-order valence-electron chi connectivity index (χ4n) is 3.06. The molecule has 5 nitrogen and oxygen atoms in total. The van der Waals surface area contributed by atoms with Crippen LogP contribution in [-0.4, -0.2) is 36.8 Å². The third kappa shape index (κ3) is 5.09. The summed E-state index contributed by atoms with van der Waals surface area (Å²) in [7, 11) is 1.72. The van der Waals surface area contributed by atoms with Crippen molar-refractivity contribution >= 4 is 0 Å². The molecule has 0 spiro atoms. The Labute approximate surface area is 127 Å². The van der Waals surface area contributed by atoms with Crippen LogP contribution in [0.25, 0.3) is 0 Å². The van der Waals surface area contributed by atoms with Crippen molar-refractivity contribution in [3.63, 3.8) is 0 Å². The minimum absolute atomic E-state index is 0.128. The number of H-pyrrole nitrogens is 1. The number of aromatic amines is 1. The number of nitrogens with zero attached hydrogens (tertiary/aromatic N) is 1. The lowest BCUT2D eigenvalue weighted by molar-refractivity contribution is 0.000284. The van der Waals surface area contributed by atoms with E-state index in [2.05, 4.69) is 22.2 Å². The molecule has 0 bridgehead atoms. The van der Waals surface area contributed by atoms with Crippen molar-refractivity contribution in [2.45, 2.75) is 51.7 Å². The molecule has 1 fully saturated rings. The maximum Gasteiger partial charge on any atom is 0.135 e. The third-order valence-corrected chi connectivity index (χ3v) is 4.14. The monoisotopic (exact) mass is 295 g/mol. The Morgan fingerprint density at radius 3 is 2.90 bits per heavy atom. The molecule has 0 amide bonds. The Hall–Kier alpha value is -0.910. The van der Waals surface area contributed by atoms with E-state index in [0.29, 0.717) is 5.92 Å². The van der Waals surface area contributed by atoms with Gasteiger partial charge in [-0.15, -0.1) is 0 Å². The summed E-state index contributed by atoms with van der Waals surface area (Å²) in [6.07, 6.45) is 8.56. The Morgan fingerprint density at radius 2 is 2.19 bits per heavy atom. The van der Waals surface area contributed by atoms with Crippen LogP contribution in [0.3, 0.4) is 0 Å². The lowest BCUT2D eigenvalue weighted by atomic mass is 9.85. The zero-order chi connectivity index (χ0) is 14.9. The molecule has 1 aromatic rings. The zero-order valence-electron chi connectivity index (χ0n) is 13.4. The van der Waals surface area contributed by atoms with Crippen molar-refractivity contribution in [3.8, 4) is 0 Å². The second-order valence-electron chi connectivity index (χ2n) is 5.74. The molecule has 1 aliphatic carbocycles. The molecule has 1 unspecified atom stereocenters. The van der Waals surface area contributed by atoms with Crippen LogP contribution in [0.4, 0.5) is 0 Å². The van der Waals surface area contributed by atoms with Crippen LogP contribution in [0.5, 0.6) is 0 Å². The van der Waals surface area contributed by atoms with Gasteiger partial charge in [0.15, 0.2) is 0 Å². The van der Waals surface area contributed by atoms with Gasteiger partial charge in [0.05, 0.1) is 6.61 Å². The molecule has 2 rings (SSSR count). The van der Waals surface area contributed by atoms with Crippen molar-refractivity contribution in [2.24, 2.45) is 5.92 Å². The fraction of sp³-hybridized carbons (Fsp3) is 0.812. The highest BCUT2D eigenvalue weighted by Crippen LogP contribution is 2.35. The minimum Gasteiger partial charge on any atom is -0.383 e. The van der Waals surface area contributed by atoms with Gasteiger partial charge in [-0.25, -0.2) is 4.98 Å². The van der Waals surface area contributed by atoms with Gasteiger partial charge in [0.25, 0.3) is 0 Å². The number of hydrogen-bond acceptors (Lipinski definition) is 4. The van der Waals surface area contributed by atoms with Crippen molar-refractivity contribution in [1.29, 1.82) is 0 Å². The second-order valence-corrected chi connectivity index (χ2v) is 5.74. The molecule has 1 heterocycles. The number of nitrogens with one attached hydrogen (secondary N) is 2. The summed E-state index contributed by atoms with van der Waals surface area (Å²) in [6.45, 7) is 5.17. The fourth-order valence-corrected chi connectivity index (χ4v) is 3.06. The van der Waals surface area contributed by atoms with Gasteiger partial charge < -0.3 is 19.8 Å². The first-order valence-corrected chi connectivity index (χ1v) is 8.20. The van der Waals surface area contributed by atoms with Crippen LogP contribution >= 0.6 is 0 Å². The van der Waals surface area contributed by atoms with Crippen LogP contribution < -0.4 is 5.32 Å². The van der Waals surface area contributed by atoms with Crippen molar-refractivity contribution in [3.05, 3.63) is 17.7 Å². The predicted octanol–water partition coefficient (Wildman–Crippen LogP) is 2.80. The third-order valence-electron chi connectivity index (χ3n) is 4.14. The van der Waals surface area contributed by atoms with E-state index in [9.17, 15) is 0 Å². The average Bonchev–Trinajstić information content (AvgIpc) is 2.98. The lowest BCUT2D eigenvalue weighted by Gasteiger charge is -2.28. The molecule has 2 N–H and O–H groups in total. The van der Waals surface area contributed by atoms with Gasteiger partial charge in [-0.05, 0) is 25.7 Å². The molecule has 21 heavy (non-hydrogen) atoms. The number of methoxy groups -OCH3 is 1. The first-order valence-electron chi connectivity index (χ1n) is 8.20. The number of ether oxygens (including phenoxy) is 2. The molecular formula is C16H29N3O2. The van der Waals surface area contributed by atoms with E-state index in [1.807, 2.05) is 6.20 Å². The maximum atomic E-state index is 5.99. The number of rotatable bonds is 9. The molecule has 1 saturated carbocycles. The summed E-state index contributed by atoms with van der Waals surface area (Å²) in [5.74, 6) is 1.60.